The minimum absolute atomic E-state index is 0.0748. The minimum atomic E-state index is -4.47. The normalized spacial score (nSPS) is 11.1. The van der Waals surface area contributed by atoms with Gasteiger partial charge in [-0.3, -0.25) is 4.79 Å². The second kappa shape index (κ2) is 8.12. The van der Waals surface area contributed by atoms with Crippen molar-refractivity contribution in [3.63, 3.8) is 0 Å². The number of rotatable bonds is 5. The number of amides is 1. The van der Waals surface area contributed by atoms with Crippen molar-refractivity contribution in [2.75, 3.05) is 10.6 Å². The molecular formula is C21H18F3N3O. The van der Waals surface area contributed by atoms with Gasteiger partial charge < -0.3 is 10.6 Å². The summed E-state index contributed by atoms with van der Waals surface area (Å²) in [5, 5.41) is 5.61. The highest BCUT2D eigenvalue weighted by Gasteiger charge is 2.30. The van der Waals surface area contributed by atoms with Crippen molar-refractivity contribution in [2.24, 2.45) is 0 Å². The summed E-state index contributed by atoms with van der Waals surface area (Å²) in [5.74, 6) is -0.0163. The fourth-order valence-electron chi connectivity index (χ4n) is 2.54. The van der Waals surface area contributed by atoms with Gasteiger partial charge in [0.2, 0.25) is 0 Å². The highest BCUT2D eigenvalue weighted by molar-refractivity contribution is 6.04. The van der Waals surface area contributed by atoms with Crippen LogP contribution in [0.5, 0.6) is 0 Å². The molecule has 2 N–H and O–H groups in total. The van der Waals surface area contributed by atoms with Gasteiger partial charge in [0.15, 0.2) is 0 Å². The lowest BCUT2D eigenvalue weighted by molar-refractivity contribution is -0.137. The molecule has 0 saturated carbocycles. The van der Waals surface area contributed by atoms with Crippen molar-refractivity contribution >= 4 is 17.4 Å². The van der Waals surface area contributed by atoms with Gasteiger partial charge in [0.25, 0.3) is 5.91 Å². The van der Waals surface area contributed by atoms with E-state index in [-0.39, 0.29) is 5.69 Å². The maximum absolute atomic E-state index is 12.8. The molecule has 0 spiro atoms. The lowest BCUT2D eigenvalue weighted by atomic mass is 10.1. The number of anilines is 2. The van der Waals surface area contributed by atoms with Crippen molar-refractivity contribution in [1.82, 2.24) is 4.98 Å². The average Bonchev–Trinajstić information content (AvgIpc) is 2.67. The Morgan fingerprint density at radius 3 is 2.50 bits per heavy atom. The second-order valence-electron chi connectivity index (χ2n) is 6.30. The Morgan fingerprint density at radius 1 is 1.04 bits per heavy atom. The van der Waals surface area contributed by atoms with Crippen LogP contribution in [0.4, 0.5) is 24.7 Å². The number of carbonyl (C=O) groups excluding carboxylic acids is 1. The number of carbonyl (C=O) groups is 1. The molecule has 0 unspecified atom stereocenters. The largest absolute Gasteiger partial charge is 0.416 e. The molecule has 1 heterocycles. The third-order valence-corrected chi connectivity index (χ3v) is 4.06. The van der Waals surface area contributed by atoms with E-state index in [2.05, 4.69) is 15.6 Å². The first-order valence-electron chi connectivity index (χ1n) is 8.55. The standard InChI is InChI=1S/C21H18F3N3O/c1-14-5-7-15(8-6-14)13-26-19-11-16(9-10-25-19)20(28)27-18-4-2-3-17(12-18)21(22,23)24/h2-12H,13H2,1H3,(H,25,26)(H,27,28). The first-order valence-corrected chi connectivity index (χ1v) is 8.55. The van der Waals surface area contributed by atoms with Crippen molar-refractivity contribution < 1.29 is 18.0 Å². The molecule has 1 aromatic heterocycles. The third kappa shape index (κ3) is 5.09. The summed E-state index contributed by atoms with van der Waals surface area (Å²) in [7, 11) is 0. The van der Waals surface area contributed by atoms with E-state index in [1.165, 1.54) is 24.4 Å². The molecule has 0 radical (unpaired) electrons. The van der Waals surface area contributed by atoms with E-state index < -0.39 is 17.6 Å². The molecule has 0 aliphatic heterocycles. The first-order chi connectivity index (χ1) is 13.3. The van der Waals surface area contributed by atoms with Gasteiger partial charge in [-0.15, -0.1) is 0 Å². The van der Waals surface area contributed by atoms with Gasteiger partial charge in [0.05, 0.1) is 5.56 Å². The molecule has 2 aromatic carbocycles. The van der Waals surface area contributed by atoms with E-state index in [1.54, 1.807) is 6.07 Å². The van der Waals surface area contributed by atoms with Crippen molar-refractivity contribution in [2.45, 2.75) is 19.6 Å². The minimum Gasteiger partial charge on any atom is -0.366 e. The maximum atomic E-state index is 12.8. The van der Waals surface area contributed by atoms with Gasteiger partial charge in [0, 0.05) is 24.0 Å². The number of hydrogen-bond acceptors (Lipinski definition) is 3. The number of aryl methyl sites for hydroxylation is 1. The Kier molecular flexibility index (Phi) is 5.63. The molecule has 0 bridgehead atoms. The van der Waals surface area contributed by atoms with Crippen molar-refractivity contribution in [3.05, 3.63) is 89.1 Å². The summed E-state index contributed by atoms with van der Waals surface area (Å²) in [4.78, 5) is 16.6. The summed E-state index contributed by atoms with van der Waals surface area (Å²) in [6.45, 7) is 2.54. The smallest absolute Gasteiger partial charge is 0.366 e. The van der Waals surface area contributed by atoms with Gasteiger partial charge in [-0.05, 0) is 42.8 Å². The Morgan fingerprint density at radius 2 is 1.79 bits per heavy atom. The molecule has 3 rings (SSSR count). The third-order valence-electron chi connectivity index (χ3n) is 4.06. The molecule has 0 atom stereocenters. The molecular weight excluding hydrogens is 367 g/mol. The number of nitrogens with one attached hydrogen (secondary N) is 2. The lowest BCUT2D eigenvalue weighted by Crippen LogP contribution is -2.14. The predicted molar refractivity (Wildman–Crippen MR) is 102 cm³/mol. The Hall–Kier alpha value is -3.35. The molecule has 1 amide bonds. The fourth-order valence-corrected chi connectivity index (χ4v) is 2.54. The van der Waals surface area contributed by atoms with Crippen molar-refractivity contribution in [3.8, 4) is 0 Å². The predicted octanol–water partition coefficient (Wildman–Crippen LogP) is 5.27. The van der Waals surface area contributed by atoms with Crippen LogP contribution in [0.1, 0.15) is 27.0 Å². The Labute approximate surface area is 160 Å². The van der Waals surface area contributed by atoms with Crippen LogP contribution in [0, 0.1) is 6.92 Å². The monoisotopic (exact) mass is 385 g/mol. The molecule has 7 heteroatoms. The number of benzene rings is 2. The first kappa shape index (κ1) is 19.4. The van der Waals surface area contributed by atoms with Crippen LogP contribution < -0.4 is 10.6 Å². The number of pyridine rings is 1. The van der Waals surface area contributed by atoms with Crippen LogP contribution in [0.3, 0.4) is 0 Å². The van der Waals surface area contributed by atoms with Crippen LogP contribution in [-0.4, -0.2) is 10.9 Å². The number of aromatic nitrogens is 1. The van der Waals surface area contributed by atoms with E-state index in [0.29, 0.717) is 17.9 Å². The van der Waals surface area contributed by atoms with Crippen LogP contribution in [0.15, 0.2) is 66.9 Å². The van der Waals surface area contributed by atoms with E-state index in [1.807, 2.05) is 31.2 Å². The van der Waals surface area contributed by atoms with Gasteiger partial charge in [-0.1, -0.05) is 35.9 Å². The van der Waals surface area contributed by atoms with Gasteiger partial charge in [0.1, 0.15) is 5.82 Å². The van der Waals surface area contributed by atoms with Gasteiger partial charge in [-0.2, -0.15) is 13.2 Å². The van der Waals surface area contributed by atoms with Crippen LogP contribution in [-0.2, 0) is 12.7 Å². The SMILES string of the molecule is Cc1ccc(CNc2cc(C(=O)Nc3cccc(C(F)(F)F)c3)ccn2)cc1. The molecule has 0 aliphatic rings. The Balaban J connectivity index is 1.67. The molecule has 0 aliphatic carbocycles. The summed E-state index contributed by atoms with van der Waals surface area (Å²) in [5.41, 5.74) is 1.77. The quantitative estimate of drug-likeness (QED) is 0.629. The number of hydrogen-bond donors (Lipinski definition) is 2. The van der Waals surface area contributed by atoms with Crippen LogP contribution in [0.2, 0.25) is 0 Å². The maximum Gasteiger partial charge on any atom is 0.416 e. The molecule has 4 nitrogen and oxygen atoms in total. The summed E-state index contributed by atoms with van der Waals surface area (Å²) < 4.78 is 38.4. The highest BCUT2D eigenvalue weighted by atomic mass is 19.4. The number of alkyl halides is 3. The van der Waals surface area contributed by atoms with Gasteiger partial charge >= 0.3 is 6.18 Å². The summed E-state index contributed by atoms with van der Waals surface area (Å²) >= 11 is 0. The van der Waals surface area contributed by atoms with E-state index >= 15 is 0 Å². The fraction of sp³-hybridized carbons (Fsp3) is 0.143. The van der Waals surface area contributed by atoms with Gasteiger partial charge in [-0.25, -0.2) is 4.98 Å². The molecule has 0 saturated heterocycles. The van der Waals surface area contributed by atoms with E-state index in [9.17, 15) is 18.0 Å². The second-order valence-corrected chi connectivity index (χ2v) is 6.30. The van der Waals surface area contributed by atoms with Crippen LogP contribution >= 0.6 is 0 Å². The number of halogens is 3. The average molecular weight is 385 g/mol. The van der Waals surface area contributed by atoms with Crippen LogP contribution in [0.25, 0.3) is 0 Å². The van der Waals surface area contributed by atoms with Crippen molar-refractivity contribution in [1.29, 1.82) is 0 Å². The molecule has 3 aromatic rings. The topological polar surface area (TPSA) is 54.0 Å². The van der Waals surface area contributed by atoms with E-state index in [4.69, 9.17) is 0 Å². The summed E-state index contributed by atoms with van der Waals surface area (Å²) in [6.07, 6.45) is -3.00. The molecule has 28 heavy (non-hydrogen) atoms. The lowest BCUT2D eigenvalue weighted by Gasteiger charge is -2.11. The zero-order valence-electron chi connectivity index (χ0n) is 15.0. The zero-order valence-corrected chi connectivity index (χ0v) is 15.0. The Bertz CT molecular complexity index is 969. The summed E-state index contributed by atoms with van der Waals surface area (Å²) in [6, 6.07) is 15.6. The zero-order chi connectivity index (χ0) is 20.1. The molecule has 0 fully saturated rings. The number of nitrogens with zero attached hydrogens (tertiary/aromatic N) is 1. The van der Waals surface area contributed by atoms with E-state index in [0.717, 1.165) is 23.3 Å². The highest BCUT2D eigenvalue weighted by Crippen LogP contribution is 2.30. The molecule has 144 valence electrons.